The predicted molar refractivity (Wildman–Crippen MR) is 189 cm³/mol. The highest BCUT2D eigenvalue weighted by Gasteiger charge is 2.48. The number of nitrogens with zero attached hydrogens (tertiary/aromatic N) is 1. The van der Waals surface area contributed by atoms with Crippen molar-refractivity contribution in [1.29, 1.82) is 0 Å². The van der Waals surface area contributed by atoms with Crippen LogP contribution in [0.3, 0.4) is 0 Å². The molecule has 51 heavy (non-hydrogen) atoms. The zero-order valence-corrected chi connectivity index (χ0v) is 28.3. The van der Waals surface area contributed by atoms with Crippen LogP contribution >= 0.6 is 11.8 Å². The Morgan fingerprint density at radius 1 is 0.843 bits per heavy atom. The summed E-state index contributed by atoms with van der Waals surface area (Å²) in [5.74, 6) is -4.10. The third-order valence-electron chi connectivity index (χ3n) is 9.08. The Hall–Kier alpha value is -5.56. The highest BCUT2D eigenvalue weighted by molar-refractivity contribution is 7.99. The molecule has 3 aliphatic heterocycles. The Labute approximate surface area is 297 Å². The van der Waals surface area contributed by atoms with Gasteiger partial charge in [0, 0.05) is 52.6 Å². The molecular weight excluding hydrogens is 674 g/mol. The van der Waals surface area contributed by atoms with E-state index in [1.165, 1.54) is 76.7 Å². The molecule has 6 N–H and O–H groups in total. The van der Waals surface area contributed by atoms with Crippen molar-refractivity contribution >= 4 is 40.6 Å². The van der Waals surface area contributed by atoms with Gasteiger partial charge in [-0.05, 0) is 84.1 Å². The van der Waals surface area contributed by atoms with E-state index in [1.807, 2.05) is 11.8 Å². The molecule has 262 valence electrons. The van der Waals surface area contributed by atoms with Crippen LogP contribution in [-0.4, -0.2) is 85.6 Å². The van der Waals surface area contributed by atoms with Crippen LogP contribution in [0.4, 0.5) is 0 Å². The first-order chi connectivity index (χ1) is 24.4. The van der Waals surface area contributed by atoms with Crippen LogP contribution in [0.15, 0.2) is 117 Å². The second kappa shape index (κ2) is 14.4. The molecule has 2 aliphatic carbocycles. The zero-order chi connectivity index (χ0) is 36.4. The molecule has 0 bridgehead atoms. The molecule has 3 heterocycles. The minimum absolute atomic E-state index is 0.0348. The molecule has 1 saturated heterocycles. The number of carboxylic acids is 2. The number of allylic oxidation sites excluding steroid dienone is 2. The van der Waals surface area contributed by atoms with Gasteiger partial charge in [-0.25, -0.2) is 9.59 Å². The van der Waals surface area contributed by atoms with Gasteiger partial charge >= 0.3 is 11.9 Å². The second-order valence-corrected chi connectivity index (χ2v) is 13.6. The average molecular weight is 710 g/mol. The first-order valence-corrected chi connectivity index (χ1v) is 16.9. The number of carbonyl (C=O) groups excluding carboxylic acids is 1. The fourth-order valence-electron chi connectivity index (χ4n) is 6.71. The van der Waals surface area contributed by atoms with Crippen LogP contribution in [0.5, 0.6) is 11.5 Å². The van der Waals surface area contributed by atoms with Gasteiger partial charge in [0.2, 0.25) is 11.5 Å². The fraction of sp³-hybridized carbons (Fsp3) is 0.205. The van der Waals surface area contributed by atoms with Gasteiger partial charge in [-0.3, -0.25) is 4.79 Å². The summed E-state index contributed by atoms with van der Waals surface area (Å²) in [7, 11) is 2.22. The normalized spacial score (nSPS) is 20.2. The number of rotatable bonds is 2. The van der Waals surface area contributed by atoms with Crippen LogP contribution in [-0.2, 0) is 25.5 Å². The van der Waals surface area contributed by atoms with Gasteiger partial charge in [0.05, 0.1) is 0 Å². The molecule has 0 aromatic heterocycles. The third-order valence-corrected chi connectivity index (χ3v) is 10.2. The Morgan fingerprint density at radius 3 is 2.00 bits per heavy atom. The topological polar surface area (TPSA) is 185 Å². The van der Waals surface area contributed by atoms with Crippen molar-refractivity contribution in [3.63, 3.8) is 0 Å². The maximum absolute atomic E-state index is 11.5. The van der Waals surface area contributed by atoms with Crippen LogP contribution < -0.4 is 0 Å². The number of aliphatic hydroxyl groups is 2. The number of likely N-dealkylation sites (tertiary alicyclic amines) is 1. The number of piperidine rings is 1. The van der Waals surface area contributed by atoms with Gasteiger partial charge in [-0.15, -0.1) is 0 Å². The van der Waals surface area contributed by atoms with Crippen molar-refractivity contribution < 1.29 is 49.8 Å². The SMILES string of the molecule is CN1CCC(=C2c3ccccc3Sc3ccccc32)CC1.O=C(O)C=CC(=O)O.O=C1C=CC2=C3c4cc(O)c(O)cc4CC3(O)COC2=C1O. The molecule has 0 spiro atoms. The van der Waals surface area contributed by atoms with Gasteiger partial charge in [-0.1, -0.05) is 53.7 Å². The number of fused-ring (bicyclic) bond motifs is 6. The second-order valence-electron chi connectivity index (χ2n) is 12.5. The number of carboxylic acid groups (broad SMARTS) is 2. The predicted octanol–water partition coefficient (Wildman–Crippen LogP) is 5.47. The lowest BCUT2D eigenvalue weighted by Gasteiger charge is -2.33. The summed E-state index contributed by atoms with van der Waals surface area (Å²) in [6.07, 6.45) is 6.40. The summed E-state index contributed by atoms with van der Waals surface area (Å²) < 4.78 is 5.40. The molecule has 12 heteroatoms. The number of ether oxygens (including phenoxy) is 1. The first kappa shape index (κ1) is 35.3. The van der Waals surface area contributed by atoms with E-state index in [0.717, 1.165) is 0 Å². The smallest absolute Gasteiger partial charge is 0.328 e. The van der Waals surface area contributed by atoms with E-state index in [9.17, 15) is 34.8 Å². The fourth-order valence-corrected chi connectivity index (χ4v) is 7.80. The van der Waals surface area contributed by atoms with E-state index in [4.69, 9.17) is 14.9 Å². The Kier molecular flexibility index (Phi) is 9.93. The molecule has 0 radical (unpaired) electrons. The number of phenolic OH excluding ortho intramolecular Hbond substituents is 2. The molecule has 0 saturated carbocycles. The average Bonchev–Trinajstić information content (AvgIpc) is 3.40. The maximum Gasteiger partial charge on any atom is 0.328 e. The molecule has 3 aromatic carbocycles. The number of ketones is 1. The van der Waals surface area contributed by atoms with Crippen LogP contribution in [0.25, 0.3) is 11.1 Å². The van der Waals surface area contributed by atoms with E-state index in [1.54, 1.807) is 5.57 Å². The van der Waals surface area contributed by atoms with Crippen molar-refractivity contribution in [3.8, 4) is 11.5 Å². The van der Waals surface area contributed by atoms with Gasteiger partial charge in [-0.2, -0.15) is 0 Å². The van der Waals surface area contributed by atoms with Gasteiger partial charge < -0.3 is 40.3 Å². The number of hydrogen-bond acceptors (Lipinski definition) is 10. The molecular formula is C39H35NO10S. The van der Waals surface area contributed by atoms with Crippen LogP contribution in [0.2, 0.25) is 0 Å². The standard InChI is InChI=1S/C19H19NS.C16H12O6.C4H4O4/c1-20-12-10-14(11-13-20)19-15-6-2-4-8-17(15)21-18-9-5-3-7-16(18)19;17-10-2-1-8-13-9-4-12(19)11(18)3-7(9)5-16(13,21)6-22-15(8)14(10)20;5-3(6)1-2-4(7)8/h2-9H,10-13H2,1H3;1-4,18-21H,5-6H2;1-2H,(H,5,6)(H,7,8). The zero-order valence-electron chi connectivity index (χ0n) is 27.5. The van der Waals surface area contributed by atoms with Crippen molar-refractivity contribution in [1.82, 2.24) is 4.90 Å². The van der Waals surface area contributed by atoms with E-state index >= 15 is 0 Å². The Bertz CT molecular complexity index is 2040. The molecule has 0 amide bonds. The van der Waals surface area contributed by atoms with Crippen molar-refractivity contribution in [2.24, 2.45) is 0 Å². The Morgan fingerprint density at radius 2 is 1.41 bits per heavy atom. The summed E-state index contributed by atoms with van der Waals surface area (Å²) in [6.45, 7) is 2.23. The molecule has 1 fully saturated rings. The lowest BCUT2D eigenvalue weighted by Crippen LogP contribution is -2.39. The third kappa shape index (κ3) is 7.20. The molecule has 1 unspecified atom stereocenters. The van der Waals surface area contributed by atoms with E-state index in [2.05, 4.69) is 60.5 Å². The number of aliphatic carboxylic acids is 2. The minimum atomic E-state index is -1.33. The number of hydrogen-bond donors (Lipinski definition) is 6. The lowest BCUT2D eigenvalue weighted by atomic mass is 9.85. The highest BCUT2D eigenvalue weighted by atomic mass is 32.2. The largest absolute Gasteiger partial charge is 0.504 e. The summed E-state index contributed by atoms with van der Waals surface area (Å²) in [6, 6.07) is 20.5. The highest BCUT2D eigenvalue weighted by Crippen LogP contribution is 2.51. The minimum Gasteiger partial charge on any atom is -0.504 e. The number of aromatic hydroxyl groups is 2. The van der Waals surface area contributed by atoms with Gasteiger partial charge in [0.25, 0.3) is 0 Å². The van der Waals surface area contributed by atoms with Gasteiger partial charge in [0.1, 0.15) is 12.2 Å². The van der Waals surface area contributed by atoms with E-state index in [0.29, 0.717) is 34.4 Å². The summed E-state index contributed by atoms with van der Waals surface area (Å²) in [4.78, 5) is 35.9. The Balaban J connectivity index is 0.000000146. The molecule has 1 atom stereocenters. The number of carbonyl (C=O) groups is 3. The molecule has 3 aromatic rings. The first-order valence-electron chi connectivity index (χ1n) is 16.1. The number of aliphatic hydroxyl groups excluding tert-OH is 1. The lowest BCUT2D eigenvalue weighted by molar-refractivity contribution is -0.134. The van der Waals surface area contributed by atoms with Gasteiger partial charge in [0.15, 0.2) is 17.3 Å². The monoisotopic (exact) mass is 709 g/mol. The van der Waals surface area contributed by atoms with Crippen molar-refractivity contribution in [3.05, 3.63) is 130 Å². The van der Waals surface area contributed by atoms with Crippen molar-refractivity contribution in [2.75, 3.05) is 26.7 Å². The molecule has 5 aliphatic rings. The summed E-state index contributed by atoms with van der Waals surface area (Å²) in [5, 5.41) is 55.7. The number of phenols is 2. The number of benzene rings is 3. The maximum atomic E-state index is 11.5. The van der Waals surface area contributed by atoms with E-state index in [-0.39, 0.29) is 30.3 Å². The quantitative estimate of drug-likeness (QED) is 0.114. The van der Waals surface area contributed by atoms with E-state index < -0.39 is 29.1 Å². The van der Waals surface area contributed by atoms with Crippen LogP contribution in [0, 0.1) is 0 Å². The van der Waals surface area contributed by atoms with Crippen LogP contribution in [0.1, 0.15) is 35.1 Å². The molecule has 8 rings (SSSR count). The molecule has 11 nitrogen and oxygen atoms in total. The summed E-state index contributed by atoms with van der Waals surface area (Å²) >= 11 is 1.91. The summed E-state index contributed by atoms with van der Waals surface area (Å²) in [5.41, 5.74) is 6.80. The van der Waals surface area contributed by atoms with Crippen molar-refractivity contribution in [2.45, 2.75) is 34.7 Å².